The van der Waals surface area contributed by atoms with Crippen LogP contribution in [0.4, 0.5) is 0 Å². The molecule has 0 aliphatic carbocycles. The fraction of sp³-hybridized carbons (Fsp3) is 0.375. The quantitative estimate of drug-likeness (QED) is 0.551. The van der Waals surface area contributed by atoms with E-state index in [4.69, 9.17) is 0 Å². The van der Waals surface area contributed by atoms with Gasteiger partial charge < -0.3 is 9.47 Å². The van der Waals surface area contributed by atoms with E-state index in [1.54, 1.807) is 4.90 Å². The molecule has 1 amide bonds. The number of nitrogens with zero attached hydrogens (tertiary/aromatic N) is 4. The summed E-state index contributed by atoms with van der Waals surface area (Å²) in [5.74, 6) is -0.0482. The minimum Gasteiger partial charge on any atom is -0.342 e. The van der Waals surface area contributed by atoms with Gasteiger partial charge in [-0.2, -0.15) is 17.0 Å². The van der Waals surface area contributed by atoms with Crippen molar-refractivity contribution in [3.63, 3.8) is 0 Å². The number of carbonyl (C=O) groups is 1. The van der Waals surface area contributed by atoms with Crippen molar-refractivity contribution in [3.8, 4) is 0 Å². The lowest BCUT2D eigenvalue weighted by Gasteiger charge is -2.36. The molecule has 7 nitrogen and oxygen atoms in total. The van der Waals surface area contributed by atoms with E-state index in [0.29, 0.717) is 51.4 Å². The van der Waals surface area contributed by atoms with Crippen LogP contribution in [0.1, 0.15) is 29.8 Å². The molecule has 32 heavy (non-hydrogen) atoms. The van der Waals surface area contributed by atoms with Crippen LogP contribution >= 0.6 is 0 Å². The topological polar surface area (TPSA) is 65.9 Å². The number of carbonyl (C=O) groups excluding carboxylic acids is 1. The number of benzene rings is 2. The van der Waals surface area contributed by atoms with Gasteiger partial charge in [-0.25, -0.2) is 0 Å². The predicted molar refractivity (Wildman–Crippen MR) is 127 cm³/mol. The molecule has 0 saturated carbocycles. The summed E-state index contributed by atoms with van der Waals surface area (Å²) in [6.45, 7) is 6.65. The largest absolute Gasteiger partial charge is 0.342 e. The van der Waals surface area contributed by atoms with Crippen LogP contribution in [-0.2, 0) is 16.8 Å². The Kier molecular flexibility index (Phi) is 6.64. The van der Waals surface area contributed by atoms with Crippen molar-refractivity contribution in [2.24, 2.45) is 0 Å². The van der Waals surface area contributed by atoms with Gasteiger partial charge in [0.1, 0.15) is 0 Å². The minimum atomic E-state index is -3.48. The van der Waals surface area contributed by atoms with E-state index in [1.165, 1.54) is 14.2 Å². The van der Waals surface area contributed by atoms with Crippen molar-refractivity contribution in [1.82, 2.24) is 18.1 Å². The lowest BCUT2D eigenvalue weighted by atomic mass is 10.1. The zero-order chi connectivity index (χ0) is 22.7. The number of piperazine rings is 1. The van der Waals surface area contributed by atoms with Crippen LogP contribution in [0.3, 0.4) is 0 Å². The molecular formula is C24H30N4O3S. The average molecular weight is 455 g/mol. The van der Waals surface area contributed by atoms with Gasteiger partial charge >= 0.3 is 0 Å². The molecule has 0 atom stereocenters. The second kappa shape index (κ2) is 9.44. The molecule has 3 aromatic rings. The standard InChI is InChI=1S/C24H30N4O3S/c1-3-27(4-2)32(30,31)28-16-14-25(15-17-28)24(29)22-19-26(18-20-10-6-5-7-11-20)23-13-9-8-12-21(22)23/h5-13,19H,3-4,14-18H2,1-2H3. The smallest absolute Gasteiger partial charge is 0.282 e. The van der Waals surface area contributed by atoms with Gasteiger partial charge in [0.05, 0.1) is 5.56 Å². The summed E-state index contributed by atoms with van der Waals surface area (Å²) in [4.78, 5) is 15.2. The number of aromatic nitrogens is 1. The van der Waals surface area contributed by atoms with E-state index in [1.807, 2.05) is 62.5 Å². The highest BCUT2D eigenvalue weighted by Gasteiger charge is 2.33. The van der Waals surface area contributed by atoms with Crippen LogP contribution in [0.25, 0.3) is 10.9 Å². The van der Waals surface area contributed by atoms with Gasteiger partial charge in [-0.15, -0.1) is 0 Å². The van der Waals surface area contributed by atoms with Gasteiger partial charge in [0, 0.05) is 62.9 Å². The van der Waals surface area contributed by atoms with Gasteiger partial charge in [0.2, 0.25) is 0 Å². The molecule has 0 bridgehead atoms. The van der Waals surface area contributed by atoms with Crippen molar-refractivity contribution < 1.29 is 13.2 Å². The summed E-state index contributed by atoms with van der Waals surface area (Å²) in [5, 5.41) is 0.923. The minimum absolute atomic E-state index is 0.0482. The molecule has 170 valence electrons. The summed E-state index contributed by atoms with van der Waals surface area (Å²) < 4.78 is 30.6. The number of hydrogen-bond acceptors (Lipinski definition) is 3. The highest BCUT2D eigenvalue weighted by molar-refractivity contribution is 7.86. The third-order valence-corrected chi connectivity index (χ3v) is 8.29. The second-order valence-electron chi connectivity index (χ2n) is 7.96. The molecule has 8 heteroatoms. The average Bonchev–Trinajstić information content (AvgIpc) is 3.18. The fourth-order valence-electron chi connectivity index (χ4n) is 4.33. The molecule has 1 fully saturated rings. The molecule has 0 N–H and O–H groups in total. The maximum Gasteiger partial charge on any atom is 0.282 e. The molecule has 1 aliphatic heterocycles. The van der Waals surface area contributed by atoms with Crippen LogP contribution in [0.5, 0.6) is 0 Å². The molecule has 1 aliphatic rings. The molecule has 0 radical (unpaired) electrons. The van der Waals surface area contributed by atoms with Crippen molar-refractivity contribution in [1.29, 1.82) is 0 Å². The highest BCUT2D eigenvalue weighted by Crippen LogP contribution is 2.25. The number of rotatable bonds is 7. The predicted octanol–water partition coefficient (Wildman–Crippen LogP) is 3.03. The van der Waals surface area contributed by atoms with Gasteiger partial charge in [-0.3, -0.25) is 4.79 Å². The van der Waals surface area contributed by atoms with Crippen LogP contribution in [0.2, 0.25) is 0 Å². The summed E-state index contributed by atoms with van der Waals surface area (Å²) in [7, 11) is -3.48. The van der Waals surface area contributed by atoms with E-state index in [9.17, 15) is 13.2 Å². The first kappa shape index (κ1) is 22.5. The van der Waals surface area contributed by atoms with E-state index in [2.05, 4.69) is 16.7 Å². The summed E-state index contributed by atoms with van der Waals surface area (Å²) in [6.07, 6.45) is 1.93. The number of para-hydroxylation sites is 1. The summed E-state index contributed by atoms with van der Waals surface area (Å²) in [6, 6.07) is 18.1. The van der Waals surface area contributed by atoms with Crippen LogP contribution in [0.15, 0.2) is 60.8 Å². The van der Waals surface area contributed by atoms with Gasteiger partial charge in [0.25, 0.3) is 16.1 Å². The Morgan fingerprint density at radius 1 is 0.906 bits per heavy atom. The number of amides is 1. The third-order valence-electron chi connectivity index (χ3n) is 6.10. The Hall–Kier alpha value is -2.68. The first-order valence-corrected chi connectivity index (χ1v) is 12.5. The third kappa shape index (κ3) is 4.30. The Morgan fingerprint density at radius 2 is 1.53 bits per heavy atom. The van der Waals surface area contributed by atoms with E-state index >= 15 is 0 Å². The molecule has 0 unspecified atom stereocenters. The zero-order valence-electron chi connectivity index (χ0n) is 18.6. The Bertz CT molecular complexity index is 1180. The van der Waals surface area contributed by atoms with Crippen LogP contribution < -0.4 is 0 Å². The van der Waals surface area contributed by atoms with E-state index in [-0.39, 0.29) is 5.91 Å². The second-order valence-corrected chi connectivity index (χ2v) is 9.89. The first-order valence-electron chi connectivity index (χ1n) is 11.1. The SMILES string of the molecule is CCN(CC)S(=O)(=O)N1CCN(C(=O)c2cn(Cc3ccccc3)c3ccccc23)CC1. The summed E-state index contributed by atoms with van der Waals surface area (Å²) in [5.41, 5.74) is 2.85. The van der Waals surface area contributed by atoms with Crippen LogP contribution in [0, 0.1) is 0 Å². The molecule has 4 rings (SSSR count). The number of hydrogen-bond donors (Lipinski definition) is 0. The molecule has 1 aromatic heterocycles. The van der Waals surface area contributed by atoms with Crippen molar-refractivity contribution in [3.05, 3.63) is 71.9 Å². The van der Waals surface area contributed by atoms with Crippen LogP contribution in [-0.4, -0.2) is 71.7 Å². The molecular weight excluding hydrogens is 424 g/mol. The Morgan fingerprint density at radius 3 is 2.19 bits per heavy atom. The Labute approximate surface area is 190 Å². The first-order chi connectivity index (χ1) is 15.5. The highest BCUT2D eigenvalue weighted by atomic mass is 32.2. The lowest BCUT2D eigenvalue weighted by Crippen LogP contribution is -2.54. The normalized spacial score (nSPS) is 15.5. The fourth-order valence-corrected chi connectivity index (χ4v) is 5.94. The maximum absolute atomic E-state index is 13.4. The van der Waals surface area contributed by atoms with E-state index < -0.39 is 10.2 Å². The number of fused-ring (bicyclic) bond motifs is 1. The summed E-state index contributed by atoms with van der Waals surface area (Å²) >= 11 is 0. The van der Waals surface area contributed by atoms with Crippen molar-refractivity contribution >= 4 is 27.0 Å². The van der Waals surface area contributed by atoms with Gasteiger partial charge in [-0.05, 0) is 11.6 Å². The monoisotopic (exact) mass is 454 g/mol. The molecule has 0 spiro atoms. The lowest BCUT2D eigenvalue weighted by molar-refractivity contribution is 0.0696. The van der Waals surface area contributed by atoms with E-state index in [0.717, 1.165) is 10.9 Å². The van der Waals surface area contributed by atoms with Gasteiger partial charge in [-0.1, -0.05) is 62.4 Å². The van der Waals surface area contributed by atoms with Crippen molar-refractivity contribution in [2.75, 3.05) is 39.3 Å². The zero-order valence-corrected chi connectivity index (χ0v) is 19.5. The Balaban J connectivity index is 1.54. The molecule has 2 aromatic carbocycles. The molecule has 2 heterocycles. The van der Waals surface area contributed by atoms with Gasteiger partial charge in [0.15, 0.2) is 0 Å². The molecule has 1 saturated heterocycles. The maximum atomic E-state index is 13.4. The van der Waals surface area contributed by atoms with Crippen molar-refractivity contribution in [2.45, 2.75) is 20.4 Å².